The lowest BCUT2D eigenvalue weighted by molar-refractivity contribution is -0.388. The molecule has 0 fully saturated rings. The highest BCUT2D eigenvalue weighted by Crippen LogP contribution is 2.30. The first-order valence-electron chi connectivity index (χ1n) is 4.43. The van der Waals surface area contributed by atoms with Crippen molar-refractivity contribution in [3.63, 3.8) is 0 Å². The third-order valence-corrected chi connectivity index (χ3v) is 3.40. The fourth-order valence-corrected chi connectivity index (χ4v) is 2.12. The molecule has 0 aromatic carbocycles. The van der Waals surface area contributed by atoms with Crippen molar-refractivity contribution in [3.05, 3.63) is 26.9 Å². The standard InChI is InChI=1S/C9H11BrN2O2S/c1-6(2)5-15-9-8(12(13)14)3-7(10)4-11-9/h3-4,6H,5H2,1-2H3. The molecule has 0 saturated carbocycles. The molecule has 0 radical (unpaired) electrons. The molecule has 82 valence electrons. The van der Waals surface area contributed by atoms with E-state index in [9.17, 15) is 10.1 Å². The maximum atomic E-state index is 10.8. The molecule has 0 bridgehead atoms. The van der Waals surface area contributed by atoms with Crippen molar-refractivity contribution >= 4 is 33.4 Å². The van der Waals surface area contributed by atoms with E-state index < -0.39 is 4.92 Å². The highest BCUT2D eigenvalue weighted by Gasteiger charge is 2.16. The van der Waals surface area contributed by atoms with Gasteiger partial charge in [0.15, 0.2) is 5.03 Å². The van der Waals surface area contributed by atoms with Gasteiger partial charge in [-0.1, -0.05) is 25.6 Å². The molecule has 0 atom stereocenters. The summed E-state index contributed by atoms with van der Waals surface area (Å²) in [5, 5.41) is 11.2. The minimum atomic E-state index is -0.402. The van der Waals surface area contributed by atoms with Crippen LogP contribution < -0.4 is 0 Å². The van der Waals surface area contributed by atoms with Gasteiger partial charge in [0.05, 0.1) is 4.92 Å². The quantitative estimate of drug-likeness (QED) is 0.484. The van der Waals surface area contributed by atoms with Gasteiger partial charge < -0.3 is 0 Å². The number of halogens is 1. The molecular formula is C9H11BrN2O2S. The Bertz CT molecular complexity index is 371. The van der Waals surface area contributed by atoms with Crippen molar-refractivity contribution in [2.45, 2.75) is 18.9 Å². The van der Waals surface area contributed by atoms with Crippen LogP contribution in [0.4, 0.5) is 5.69 Å². The SMILES string of the molecule is CC(C)CSc1ncc(Br)cc1[N+](=O)[O-]. The summed E-state index contributed by atoms with van der Waals surface area (Å²) in [4.78, 5) is 14.4. The van der Waals surface area contributed by atoms with Crippen molar-refractivity contribution in [3.8, 4) is 0 Å². The molecule has 0 spiro atoms. The minimum absolute atomic E-state index is 0.0648. The zero-order valence-electron chi connectivity index (χ0n) is 8.44. The summed E-state index contributed by atoms with van der Waals surface area (Å²) in [6, 6.07) is 1.48. The first-order valence-corrected chi connectivity index (χ1v) is 6.21. The summed E-state index contributed by atoms with van der Waals surface area (Å²) in [6.07, 6.45) is 1.58. The van der Waals surface area contributed by atoms with E-state index >= 15 is 0 Å². The Morgan fingerprint density at radius 1 is 1.67 bits per heavy atom. The topological polar surface area (TPSA) is 56.0 Å². The van der Waals surface area contributed by atoms with Gasteiger partial charge in [0.2, 0.25) is 0 Å². The van der Waals surface area contributed by atoms with Crippen LogP contribution in [-0.4, -0.2) is 15.7 Å². The van der Waals surface area contributed by atoms with Crippen molar-refractivity contribution in [1.29, 1.82) is 0 Å². The Morgan fingerprint density at radius 3 is 2.87 bits per heavy atom. The van der Waals surface area contributed by atoms with Crippen LogP contribution in [0.1, 0.15) is 13.8 Å². The smallest absolute Gasteiger partial charge is 0.258 e. The average Bonchev–Trinajstić information content (AvgIpc) is 2.15. The zero-order valence-corrected chi connectivity index (χ0v) is 10.8. The first-order chi connectivity index (χ1) is 7.00. The van der Waals surface area contributed by atoms with E-state index in [1.54, 1.807) is 6.20 Å². The molecule has 1 rings (SSSR count). The Labute approximate surface area is 101 Å². The summed E-state index contributed by atoms with van der Waals surface area (Å²) < 4.78 is 0.628. The van der Waals surface area contributed by atoms with Crippen molar-refractivity contribution in [2.75, 3.05) is 5.75 Å². The third kappa shape index (κ3) is 3.79. The molecule has 0 unspecified atom stereocenters. The van der Waals surface area contributed by atoms with Gasteiger partial charge in [-0.2, -0.15) is 0 Å². The molecule has 4 nitrogen and oxygen atoms in total. The predicted octanol–water partition coefficient (Wildman–Crippen LogP) is 3.50. The van der Waals surface area contributed by atoms with Gasteiger partial charge in [0.25, 0.3) is 0 Å². The van der Waals surface area contributed by atoms with Gasteiger partial charge in [-0.3, -0.25) is 10.1 Å². The highest BCUT2D eigenvalue weighted by molar-refractivity contribution is 9.10. The monoisotopic (exact) mass is 290 g/mol. The molecule has 0 aliphatic rings. The Hall–Kier alpha value is -0.620. The van der Waals surface area contributed by atoms with E-state index in [2.05, 4.69) is 34.8 Å². The lowest BCUT2D eigenvalue weighted by Crippen LogP contribution is -1.96. The van der Waals surface area contributed by atoms with Crippen LogP contribution in [0.15, 0.2) is 21.8 Å². The summed E-state index contributed by atoms with van der Waals surface area (Å²) >= 11 is 4.59. The second kappa shape index (κ2) is 5.46. The highest BCUT2D eigenvalue weighted by atomic mass is 79.9. The maximum absolute atomic E-state index is 10.8. The number of rotatable bonds is 4. The molecule has 1 heterocycles. The zero-order chi connectivity index (χ0) is 11.4. The summed E-state index contributed by atoms with van der Waals surface area (Å²) in [7, 11) is 0. The molecule has 6 heteroatoms. The lowest BCUT2D eigenvalue weighted by Gasteiger charge is -2.04. The number of nitrogens with zero attached hydrogens (tertiary/aromatic N) is 2. The Morgan fingerprint density at radius 2 is 2.33 bits per heavy atom. The molecule has 1 aromatic heterocycles. The van der Waals surface area contributed by atoms with E-state index in [1.165, 1.54) is 17.8 Å². The van der Waals surface area contributed by atoms with Crippen molar-refractivity contribution < 1.29 is 4.92 Å². The van der Waals surface area contributed by atoms with E-state index in [0.717, 1.165) is 5.75 Å². The lowest BCUT2D eigenvalue weighted by atomic mass is 10.3. The second-order valence-electron chi connectivity index (χ2n) is 3.44. The van der Waals surface area contributed by atoms with E-state index in [-0.39, 0.29) is 5.69 Å². The molecule has 0 saturated heterocycles. The molecule has 0 amide bonds. The Kier molecular flexibility index (Phi) is 4.53. The van der Waals surface area contributed by atoms with Crippen LogP contribution in [0.5, 0.6) is 0 Å². The predicted molar refractivity (Wildman–Crippen MR) is 64.2 cm³/mol. The van der Waals surface area contributed by atoms with Crippen LogP contribution in [-0.2, 0) is 0 Å². The third-order valence-electron chi connectivity index (χ3n) is 1.55. The number of pyridine rings is 1. The van der Waals surface area contributed by atoms with Crippen LogP contribution in [0.3, 0.4) is 0 Å². The molecule has 0 N–H and O–H groups in total. The number of aromatic nitrogens is 1. The van der Waals surface area contributed by atoms with Crippen LogP contribution in [0, 0.1) is 16.0 Å². The van der Waals surface area contributed by atoms with Gasteiger partial charge in [0.1, 0.15) is 0 Å². The Balaban J connectivity index is 2.91. The van der Waals surface area contributed by atoms with Crippen LogP contribution in [0.25, 0.3) is 0 Å². The van der Waals surface area contributed by atoms with Crippen molar-refractivity contribution in [1.82, 2.24) is 4.98 Å². The summed E-state index contributed by atoms with van der Waals surface area (Å²) in [5.41, 5.74) is 0.0648. The molecule has 0 aliphatic carbocycles. The molecular weight excluding hydrogens is 280 g/mol. The minimum Gasteiger partial charge on any atom is -0.258 e. The van der Waals surface area contributed by atoms with Gasteiger partial charge in [-0.15, -0.1) is 0 Å². The van der Waals surface area contributed by atoms with Gasteiger partial charge in [-0.25, -0.2) is 4.98 Å². The number of hydrogen-bond donors (Lipinski definition) is 0. The van der Waals surface area contributed by atoms with Gasteiger partial charge in [-0.05, 0) is 21.8 Å². The fourth-order valence-electron chi connectivity index (χ4n) is 0.904. The summed E-state index contributed by atoms with van der Waals surface area (Å²) in [6.45, 7) is 4.13. The number of nitro groups is 1. The van der Waals surface area contributed by atoms with E-state index in [4.69, 9.17) is 0 Å². The van der Waals surface area contributed by atoms with Crippen LogP contribution >= 0.6 is 27.7 Å². The number of thioether (sulfide) groups is 1. The van der Waals surface area contributed by atoms with E-state index in [1.807, 2.05) is 0 Å². The number of hydrogen-bond acceptors (Lipinski definition) is 4. The summed E-state index contributed by atoms with van der Waals surface area (Å²) in [5.74, 6) is 1.31. The van der Waals surface area contributed by atoms with E-state index in [0.29, 0.717) is 15.4 Å². The molecule has 15 heavy (non-hydrogen) atoms. The average molecular weight is 291 g/mol. The first kappa shape index (κ1) is 12.4. The maximum Gasteiger partial charge on any atom is 0.302 e. The molecule has 1 aromatic rings. The second-order valence-corrected chi connectivity index (χ2v) is 5.36. The van der Waals surface area contributed by atoms with Gasteiger partial charge >= 0.3 is 5.69 Å². The normalized spacial score (nSPS) is 10.7. The fraction of sp³-hybridized carbons (Fsp3) is 0.444. The molecule has 0 aliphatic heterocycles. The van der Waals surface area contributed by atoms with Gasteiger partial charge in [0, 0.05) is 22.5 Å². The largest absolute Gasteiger partial charge is 0.302 e. The van der Waals surface area contributed by atoms with Crippen molar-refractivity contribution in [2.24, 2.45) is 5.92 Å². The van der Waals surface area contributed by atoms with Crippen LogP contribution in [0.2, 0.25) is 0 Å².